The summed E-state index contributed by atoms with van der Waals surface area (Å²) >= 11 is 0. The number of rotatable bonds is 3. The van der Waals surface area contributed by atoms with Crippen molar-refractivity contribution in [2.75, 3.05) is 12.4 Å². The van der Waals surface area contributed by atoms with E-state index in [1.54, 1.807) is 7.11 Å². The van der Waals surface area contributed by atoms with Crippen LogP contribution in [0.1, 0.15) is 24.0 Å². The molecular formula is C14H18N2O3. The van der Waals surface area contributed by atoms with Crippen LogP contribution in [0.5, 0.6) is 5.75 Å². The van der Waals surface area contributed by atoms with Gasteiger partial charge in [-0.05, 0) is 37.5 Å². The zero-order valence-corrected chi connectivity index (χ0v) is 11.4. The molecule has 0 radical (unpaired) electrons. The average Bonchev–Trinajstić information content (AvgIpc) is 2.75. The Bertz CT molecular complexity index is 526. The Hall–Kier alpha value is -2.04. The fraction of sp³-hybridized carbons (Fsp3) is 0.429. The third kappa shape index (κ3) is 2.86. The molecule has 5 heteroatoms. The number of benzene rings is 1. The van der Waals surface area contributed by atoms with E-state index < -0.39 is 6.04 Å². The maximum atomic E-state index is 12.1. The molecule has 1 aliphatic heterocycles. The highest BCUT2D eigenvalue weighted by Crippen LogP contribution is 2.30. The average molecular weight is 262 g/mol. The minimum atomic E-state index is -0.446. The summed E-state index contributed by atoms with van der Waals surface area (Å²) in [5, 5.41) is 5.48. The Labute approximate surface area is 112 Å². The number of anilines is 1. The Morgan fingerprint density at radius 2 is 2.16 bits per heavy atom. The molecular weight excluding hydrogens is 244 g/mol. The summed E-state index contributed by atoms with van der Waals surface area (Å²) in [5.74, 6) is 0.380. The Balaban J connectivity index is 2.18. The number of amides is 2. The van der Waals surface area contributed by atoms with E-state index in [0.29, 0.717) is 24.3 Å². The Morgan fingerprint density at radius 3 is 2.74 bits per heavy atom. The lowest BCUT2D eigenvalue weighted by Gasteiger charge is -2.16. The molecule has 0 aromatic heterocycles. The minimum absolute atomic E-state index is 0.0764. The molecule has 1 unspecified atom stereocenters. The van der Waals surface area contributed by atoms with E-state index in [0.717, 1.165) is 11.1 Å². The summed E-state index contributed by atoms with van der Waals surface area (Å²) in [6.07, 6.45) is 0.944. The van der Waals surface area contributed by atoms with Crippen LogP contribution in [0.15, 0.2) is 12.1 Å². The summed E-state index contributed by atoms with van der Waals surface area (Å²) in [6.45, 7) is 3.89. The molecule has 1 aliphatic rings. The zero-order valence-electron chi connectivity index (χ0n) is 11.4. The summed E-state index contributed by atoms with van der Waals surface area (Å²) in [6, 6.07) is 3.41. The summed E-state index contributed by atoms with van der Waals surface area (Å²) < 4.78 is 5.31. The van der Waals surface area contributed by atoms with Crippen LogP contribution in [0.3, 0.4) is 0 Å². The van der Waals surface area contributed by atoms with Gasteiger partial charge in [-0.3, -0.25) is 9.59 Å². The van der Waals surface area contributed by atoms with Gasteiger partial charge in [-0.25, -0.2) is 0 Å². The SMILES string of the molecule is COc1c(C)cc(C)cc1NC(=O)C1CCC(=O)N1. The lowest BCUT2D eigenvalue weighted by Crippen LogP contribution is -2.37. The van der Waals surface area contributed by atoms with Gasteiger partial charge in [-0.1, -0.05) is 6.07 Å². The van der Waals surface area contributed by atoms with Gasteiger partial charge in [0.05, 0.1) is 12.8 Å². The van der Waals surface area contributed by atoms with E-state index in [4.69, 9.17) is 4.74 Å². The van der Waals surface area contributed by atoms with Crippen molar-refractivity contribution in [1.29, 1.82) is 0 Å². The maximum Gasteiger partial charge on any atom is 0.247 e. The lowest BCUT2D eigenvalue weighted by molar-refractivity contribution is -0.122. The molecule has 0 aliphatic carbocycles. The second-order valence-corrected chi connectivity index (χ2v) is 4.81. The van der Waals surface area contributed by atoms with Gasteiger partial charge in [0.2, 0.25) is 11.8 Å². The van der Waals surface area contributed by atoms with Crippen molar-refractivity contribution in [1.82, 2.24) is 5.32 Å². The van der Waals surface area contributed by atoms with E-state index in [-0.39, 0.29) is 11.8 Å². The van der Waals surface area contributed by atoms with E-state index >= 15 is 0 Å². The Kier molecular flexibility index (Phi) is 3.74. The van der Waals surface area contributed by atoms with E-state index in [1.807, 2.05) is 26.0 Å². The predicted molar refractivity (Wildman–Crippen MR) is 72.3 cm³/mol. The van der Waals surface area contributed by atoms with Crippen molar-refractivity contribution in [3.8, 4) is 5.75 Å². The molecule has 2 amide bonds. The first-order valence-corrected chi connectivity index (χ1v) is 6.26. The number of hydrogen-bond donors (Lipinski definition) is 2. The molecule has 5 nitrogen and oxygen atoms in total. The largest absolute Gasteiger partial charge is 0.494 e. The molecule has 2 N–H and O–H groups in total. The molecule has 1 fully saturated rings. The van der Waals surface area contributed by atoms with Crippen LogP contribution in [-0.2, 0) is 9.59 Å². The first kappa shape index (κ1) is 13.4. The first-order chi connectivity index (χ1) is 9.01. The van der Waals surface area contributed by atoms with Crippen LogP contribution >= 0.6 is 0 Å². The highest BCUT2D eigenvalue weighted by atomic mass is 16.5. The molecule has 0 spiro atoms. The normalized spacial score (nSPS) is 18.1. The fourth-order valence-electron chi connectivity index (χ4n) is 2.35. The molecule has 19 heavy (non-hydrogen) atoms. The third-order valence-electron chi connectivity index (χ3n) is 3.19. The monoisotopic (exact) mass is 262 g/mol. The standard InChI is InChI=1S/C14H18N2O3/c1-8-6-9(2)13(19-3)11(7-8)16-14(18)10-4-5-12(17)15-10/h6-7,10H,4-5H2,1-3H3,(H,15,17)(H,16,18). The molecule has 1 saturated heterocycles. The number of methoxy groups -OCH3 is 1. The summed E-state index contributed by atoms with van der Waals surface area (Å²) in [5.41, 5.74) is 2.66. The topological polar surface area (TPSA) is 67.4 Å². The van der Waals surface area contributed by atoms with Crippen molar-refractivity contribution in [3.05, 3.63) is 23.3 Å². The van der Waals surface area contributed by atoms with Crippen molar-refractivity contribution < 1.29 is 14.3 Å². The van der Waals surface area contributed by atoms with Crippen molar-refractivity contribution in [3.63, 3.8) is 0 Å². The van der Waals surface area contributed by atoms with Crippen LogP contribution in [-0.4, -0.2) is 25.0 Å². The van der Waals surface area contributed by atoms with E-state index in [9.17, 15) is 9.59 Å². The van der Waals surface area contributed by atoms with Gasteiger partial charge in [-0.15, -0.1) is 0 Å². The van der Waals surface area contributed by atoms with Gasteiger partial charge in [0.15, 0.2) is 0 Å². The van der Waals surface area contributed by atoms with E-state index in [2.05, 4.69) is 10.6 Å². The van der Waals surface area contributed by atoms with Crippen LogP contribution in [0.25, 0.3) is 0 Å². The smallest absolute Gasteiger partial charge is 0.247 e. The number of aryl methyl sites for hydroxylation is 2. The lowest BCUT2D eigenvalue weighted by atomic mass is 10.1. The van der Waals surface area contributed by atoms with Gasteiger partial charge >= 0.3 is 0 Å². The molecule has 1 aromatic rings. The van der Waals surface area contributed by atoms with Crippen molar-refractivity contribution in [2.45, 2.75) is 32.7 Å². The van der Waals surface area contributed by atoms with Crippen molar-refractivity contribution in [2.24, 2.45) is 0 Å². The molecule has 0 bridgehead atoms. The minimum Gasteiger partial charge on any atom is -0.494 e. The van der Waals surface area contributed by atoms with Gasteiger partial charge in [0, 0.05) is 6.42 Å². The molecule has 1 aromatic carbocycles. The molecule has 0 saturated carbocycles. The molecule has 1 heterocycles. The highest BCUT2D eigenvalue weighted by Gasteiger charge is 2.27. The quantitative estimate of drug-likeness (QED) is 0.868. The molecule has 102 valence electrons. The van der Waals surface area contributed by atoms with E-state index in [1.165, 1.54) is 0 Å². The zero-order chi connectivity index (χ0) is 14.0. The number of carbonyl (C=O) groups excluding carboxylic acids is 2. The van der Waals surface area contributed by atoms with Gasteiger partial charge < -0.3 is 15.4 Å². The number of ether oxygens (including phenoxy) is 1. The van der Waals surface area contributed by atoms with Gasteiger partial charge in [-0.2, -0.15) is 0 Å². The van der Waals surface area contributed by atoms with Crippen molar-refractivity contribution >= 4 is 17.5 Å². The molecule has 2 rings (SSSR count). The highest BCUT2D eigenvalue weighted by molar-refractivity contribution is 6.00. The van der Waals surface area contributed by atoms with Crippen LogP contribution in [0.2, 0.25) is 0 Å². The second kappa shape index (κ2) is 5.30. The summed E-state index contributed by atoms with van der Waals surface area (Å²) in [4.78, 5) is 23.2. The van der Waals surface area contributed by atoms with Gasteiger partial charge in [0.25, 0.3) is 0 Å². The maximum absolute atomic E-state index is 12.1. The first-order valence-electron chi connectivity index (χ1n) is 6.26. The number of nitrogens with one attached hydrogen (secondary N) is 2. The van der Waals surface area contributed by atoms with Crippen LogP contribution in [0, 0.1) is 13.8 Å². The van der Waals surface area contributed by atoms with Gasteiger partial charge in [0.1, 0.15) is 11.8 Å². The van der Waals surface area contributed by atoms with Crippen LogP contribution in [0.4, 0.5) is 5.69 Å². The predicted octanol–water partition coefficient (Wildman–Crippen LogP) is 1.53. The molecule has 1 atom stereocenters. The fourth-order valence-corrected chi connectivity index (χ4v) is 2.35. The second-order valence-electron chi connectivity index (χ2n) is 4.81. The van der Waals surface area contributed by atoms with Crippen LogP contribution < -0.4 is 15.4 Å². The number of carbonyl (C=O) groups is 2. The number of hydrogen-bond acceptors (Lipinski definition) is 3. The third-order valence-corrected chi connectivity index (χ3v) is 3.19. The summed E-state index contributed by atoms with van der Waals surface area (Å²) in [7, 11) is 1.57. The Morgan fingerprint density at radius 1 is 1.42 bits per heavy atom.